The van der Waals surface area contributed by atoms with Crippen molar-refractivity contribution in [2.75, 3.05) is 13.1 Å². The normalized spacial score (nSPS) is 12.8. The highest BCUT2D eigenvalue weighted by molar-refractivity contribution is 6.57. The minimum absolute atomic E-state index is 0.0461. The maximum atomic E-state index is 6.51. The molecule has 0 aliphatic rings. The minimum Gasteiger partial charge on any atom is -0.490 e. The molecule has 166 valence electrons. The number of nitrogens with zero attached hydrogens (tertiary/aromatic N) is 1. The lowest BCUT2D eigenvalue weighted by Gasteiger charge is -2.24. The van der Waals surface area contributed by atoms with Crippen LogP contribution in [0.25, 0.3) is 0 Å². The second kappa shape index (κ2) is 11.9. The van der Waals surface area contributed by atoms with Crippen molar-refractivity contribution in [1.82, 2.24) is 4.90 Å². The van der Waals surface area contributed by atoms with Crippen LogP contribution in [0.3, 0.4) is 0 Å². The molecule has 0 fully saturated rings. The van der Waals surface area contributed by atoms with E-state index in [1.165, 1.54) is 16.7 Å². The van der Waals surface area contributed by atoms with Gasteiger partial charge in [0.1, 0.15) is 11.5 Å². The van der Waals surface area contributed by atoms with Gasteiger partial charge in [-0.15, -0.1) is 0 Å². The largest absolute Gasteiger partial charge is 0.490 e. The average Bonchev–Trinajstić information content (AvgIpc) is 2.71. The monoisotopic (exact) mass is 433 g/mol. The third-order valence-electron chi connectivity index (χ3n) is 5.04. The van der Waals surface area contributed by atoms with E-state index in [-0.39, 0.29) is 11.1 Å². The Morgan fingerprint density at radius 2 is 1.81 bits per heavy atom. The van der Waals surface area contributed by atoms with Gasteiger partial charge in [-0.05, 0) is 63.6 Å². The molecule has 2 aromatic carbocycles. The van der Waals surface area contributed by atoms with Gasteiger partial charge in [0.15, 0.2) is 0 Å². The maximum absolute atomic E-state index is 6.51. The highest BCUT2D eigenvalue weighted by Crippen LogP contribution is 2.26. The summed E-state index contributed by atoms with van der Waals surface area (Å²) in [6, 6.07) is 17.4. The van der Waals surface area contributed by atoms with Crippen LogP contribution in [-0.4, -0.2) is 26.8 Å². The third-order valence-corrected chi connectivity index (χ3v) is 6.77. The van der Waals surface area contributed by atoms with Gasteiger partial charge in [-0.25, -0.2) is 0 Å². The Morgan fingerprint density at radius 3 is 2.42 bits per heavy atom. The van der Waals surface area contributed by atoms with Crippen LogP contribution in [0.1, 0.15) is 50.1 Å². The Labute approximate surface area is 191 Å². The Kier molecular flexibility index (Phi) is 9.62. The van der Waals surface area contributed by atoms with E-state index in [0.29, 0.717) is 0 Å². The lowest BCUT2D eigenvalue weighted by molar-refractivity contribution is 0.278. The zero-order valence-corrected chi connectivity index (χ0v) is 21.6. The SMILES string of the molecule is CCN(CC=CC#CC(C)(C)C)Cc1cccc(OC(c2ccc(C)cc2)[SiH](C)C)c1. The first-order valence-electron chi connectivity index (χ1n) is 11.4. The fourth-order valence-electron chi connectivity index (χ4n) is 3.29. The standard InChI is InChI=1S/C28H39NOSi/c1-8-29(20-11-9-10-19-28(3,4)5)22-24-13-12-14-26(21-24)30-27(31(6)7)25-17-15-23(2)16-18-25/h9,11-18,21,27,31H,8,20,22H2,1-7H3. The summed E-state index contributed by atoms with van der Waals surface area (Å²) in [6.45, 7) is 18.2. The van der Waals surface area contributed by atoms with Crippen molar-refractivity contribution in [3.63, 3.8) is 0 Å². The molecule has 0 aliphatic carbocycles. The number of rotatable bonds is 9. The summed E-state index contributed by atoms with van der Waals surface area (Å²) in [7, 11) is -1.04. The van der Waals surface area contributed by atoms with Crippen molar-refractivity contribution in [2.45, 2.75) is 60.0 Å². The van der Waals surface area contributed by atoms with Gasteiger partial charge in [0.2, 0.25) is 0 Å². The Hall–Kier alpha value is -2.28. The molecule has 2 nitrogen and oxygen atoms in total. The molecule has 0 saturated carbocycles. The highest BCUT2D eigenvalue weighted by Gasteiger charge is 2.19. The first kappa shape index (κ1) is 25.0. The van der Waals surface area contributed by atoms with Crippen molar-refractivity contribution in [3.05, 3.63) is 77.4 Å². The molecule has 0 saturated heterocycles. The van der Waals surface area contributed by atoms with E-state index >= 15 is 0 Å². The molecular formula is C28H39NOSi. The predicted molar refractivity (Wildman–Crippen MR) is 137 cm³/mol. The number of likely N-dealkylation sites (N-methyl/N-ethyl adjacent to an activating group) is 1. The van der Waals surface area contributed by atoms with Gasteiger partial charge in [-0.3, -0.25) is 4.90 Å². The van der Waals surface area contributed by atoms with Crippen molar-refractivity contribution in [3.8, 4) is 17.6 Å². The first-order valence-corrected chi connectivity index (χ1v) is 14.4. The number of allylic oxidation sites excluding steroid dienone is 1. The van der Waals surface area contributed by atoms with E-state index in [1.807, 2.05) is 6.08 Å². The average molecular weight is 434 g/mol. The fourth-order valence-corrected chi connectivity index (χ4v) is 4.71. The first-order chi connectivity index (χ1) is 14.7. The second-order valence-electron chi connectivity index (χ2n) is 9.59. The van der Waals surface area contributed by atoms with Crippen LogP contribution in [0, 0.1) is 24.2 Å². The predicted octanol–water partition coefficient (Wildman–Crippen LogP) is 6.57. The minimum atomic E-state index is -1.04. The Bertz CT molecular complexity index is 897. The van der Waals surface area contributed by atoms with E-state index in [2.05, 4.69) is 119 Å². The van der Waals surface area contributed by atoms with Crippen LogP contribution in [0.2, 0.25) is 13.1 Å². The second-order valence-corrected chi connectivity index (χ2v) is 12.7. The number of aryl methyl sites for hydroxylation is 1. The van der Waals surface area contributed by atoms with Gasteiger partial charge in [0, 0.05) is 18.5 Å². The third kappa shape index (κ3) is 9.17. The van der Waals surface area contributed by atoms with Crippen molar-refractivity contribution in [1.29, 1.82) is 0 Å². The van der Waals surface area contributed by atoms with Crippen molar-refractivity contribution >= 4 is 8.80 Å². The van der Waals surface area contributed by atoms with Gasteiger partial charge in [0.25, 0.3) is 0 Å². The summed E-state index contributed by atoms with van der Waals surface area (Å²) >= 11 is 0. The summed E-state index contributed by atoms with van der Waals surface area (Å²) in [5.74, 6) is 7.37. The fraction of sp³-hybridized carbons (Fsp3) is 0.429. The zero-order valence-electron chi connectivity index (χ0n) is 20.4. The van der Waals surface area contributed by atoms with E-state index < -0.39 is 8.80 Å². The number of hydrogen-bond donors (Lipinski definition) is 0. The summed E-state index contributed by atoms with van der Waals surface area (Å²) in [5, 5.41) is 0. The van der Waals surface area contributed by atoms with E-state index in [4.69, 9.17) is 4.74 Å². The number of ether oxygens (including phenoxy) is 1. The molecule has 0 amide bonds. The van der Waals surface area contributed by atoms with Crippen LogP contribution < -0.4 is 4.74 Å². The molecule has 0 heterocycles. The topological polar surface area (TPSA) is 12.5 Å². The molecule has 0 N–H and O–H groups in total. The molecular weight excluding hydrogens is 394 g/mol. The smallest absolute Gasteiger partial charge is 0.120 e. The van der Waals surface area contributed by atoms with Crippen LogP contribution >= 0.6 is 0 Å². The van der Waals surface area contributed by atoms with E-state index in [1.54, 1.807) is 0 Å². The lowest BCUT2D eigenvalue weighted by atomic mass is 9.98. The van der Waals surface area contributed by atoms with Crippen molar-refractivity contribution < 1.29 is 4.74 Å². The molecule has 1 unspecified atom stereocenters. The highest BCUT2D eigenvalue weighted by atomic mass is 28.3. The van der Waals surface area contributed by atoms with Crippen LogP contribution in [-0.2, 0) is 6.54 Å². The Balaban J connectivity index is 2.04. The van der Waals surface area contributed by atoms with Crippen LogP contribution in [0.4, 0.5) is 0 Å². The van der Waals surface area contributed by atoms with Crippen molar-refractivity contribution in [2.24, 2.45) is 5.41 Å². The molecule has 3 heteroatoms. The van der Waals surface area contributed by atoms with Crippen LogP contribution in [0.15, 0.2) is 60.7 Å². The number of benzene rings is 2. The van der Waals surface area contributed by atoms with Gasteiger partial charge in [-0.2, -0.15) is 0 Å². The summed E-state index contributed by atoms with van der Waals surface area (Å²) in [6.07, 6.45) is 4.13. The molecule has 0 radical (unpaired) electrons. The molecule has 0 aromatic heterocycles. The molecule has 2 rings (SSSR count). The summed E-state index contributed by atoms with van der Waals surface area (Å²) in [4.78, 5) is 2.41. The molecule has 1 atom stereocenters. The lowest BCUT2D eigenvalue weighted by Crippen LogP contribution is -2.23. The molecule has 0 aliphatic heterocycles. The Morgan fingerprint density at radius 1 is 1.10 bits per heavy atom. The molecule has 31 heavy (non-hydrogen) atoms. The van der Waals surface area contributed by atoms with Gasteiger partial charge in [-0.1, -0.05) is 79.9 Å². The van der Waals surface area contributed by atoms with E-state index in [0.717, 1.165) is 25.4 Å². The number of hydrogen-bond acceptors (Lipinski definition) is 2. The molecule has 0 bridgehead atoms. The molecule has 0 spiro atoms. The van der Waals surface area contributed by atoms with E-state index in [9.17, 15) is 0 Å². The van der Waals surface area contributed by atoms with Gasteiger partial charge < -0.3 is 4.74 Å². The van der Waals surface area contributed by atoms with Gasteiger partial charge >= 0.3 is 0 Å². The molecule has 2 aromatic rings. The summed E-state index contributed by atoms with van der Waals surface area (Å²) in [5.41, 5.74) is 4.08. The quantitative estimate of drug-likeness (QED) is 0.327. The zero-order chi connectivity index (χ0) is 22.9. The maximum Gasteiger partial charge on any atom is 0.120 e. The van der Waals surface area contributed by atoms with Crippen LogP contribution in [0.5, 0.6) is 5.75 Å². The summed E-state index contributed by atoms with van der Waals surface area (Å²) < 4.78 is 6.51. The van der Waals surface area contributed by atoms with Gasteiger partial charge in [0.05, 0.1) is 8.80 Å².